The molecule has 0 spiro atoms. The molecule has 3 heterocycles. The van der Waals surface area contributed by atoms with Crippen LogP contribution in [0.15, 0.2) is 30.3 Å². The molecule has 0 aliphatic carbocycles. The molecule has 0 bridgehead atoms. The summed E-state index contributed by atoms with van der Waals surface area (Å²) < 4.78 is 28.2. The van der Waals surface area contributed by atoms with E-state index >= 15 is 0 Å². The average Bonchev–Trinajstić information content (AvgIpc) is 2.72. The van der Waals surface area contributed by atoms with Gasteiger partial charge >= 0.3 is 5.97 Å². The van der Waals surface area contributed by atoms with Crippen LogP contribution in [-0.4, -0.2) is 37.7 Å². The van der Waals surface area contributed by atoms with Crippen LogP contribution in [0, 0.1) is 0 Å². The lowest BCUT2D eigenvalue weighted by Gasteiger charge is -2.37. The van der Waals surface area contributed by atoms with Crippen LogP contribution in [0.3, 0.4) is 0 Å². The van der Waals surface area contributed by atoms with Gasteiger partial charge in [-0.05, 0) is 44.2 Å². The highest BCUT2D eigenvalue weighted by molar-refractivity contribution is 6.10. The summed E-state index contributed by atoms with van der Waals surface area (Å²) in [6.45, 7) is 3.87. The van der Waals surface area contributed by atoms with Gasteiger partial charge in [-0.25, -0.2) is 4.79 Å². The van der Waals surface area contributed by atoms with E-state index in [2.05, 4.69) is 0 Å². The molecule has 3 aliphatic heterocycles. The van der Waals surface area contributed by atoms with E-state index in [0.29, 0.717) is 39.7 Å². The number of ketones is 1. The van der Waals surface area contributed by atoms with Crippen molar-refractivity contribution >= 4 is 17.8 Å². The third-order valence-corrected chi connectivity index (χ3v) is 5.57. The van der Waals surface area contributed by atoms with E-state index in [-0.39, 0.29) is 11.5 Å². The lowest BCUT2D eigenvalue weighted by atomic mass is 9.80. The molecule has 0 amide bonds. The van der Waals surface area contributed by atoms with E-state index < -0.39 is 23.6 Å². The molecule has 0 unspecified atom stereocenters. The van der Waals surface area contributed by atoms with Gasteiger partial charge in [0.15, 0.2) is 17.3 Å². The summed E-state index contributed by atoms with van der Waals surface area (Å²) >= 11 is 0. The molecule has 0 radical (unpaired) electrons. The van der Waals surface area contributed by atoms with Gasteiger partial charge in [-0.1, -0.05) is 0 Å². The molecule has 2 aromatic carbocycles. The number of fused-ring (bicyclic) bond motifs is 6. The maximum Gasteiger partial charge on any atom is 0.353 e. The predicted molar refractivity (Wildman–Crippen MR) is 107 cm³/mol. The summed E-state index contributed by atoms with van der Waals surface area (Å²) in [5.41, 5.74) is 1.10. The van der Waals surface area contributed by atoms with Crippen LogP contribution < -0.4 is 23.7 Å². The van der Waals surface area contributed by atoms with Gasteiger partial charge in [0, 0.05) is 11.6 Å². The molecule has 2 aromatic rings. The number of carbonyl (C=O) groups excluding carboxylic acids is 2. The Balaban J connectivity index is 1.65. The normalized spacial score (nSPS) is 22.4. The largest absolute Gasteiger partial charge is 0.493 e. The summed E-state index contributed by atoms with van der Waals surface area (Å²) in [5, 5.41) is 0. The third-order valence-electron chi connectivity index (χ3n) is 5.57. The molecular weight excluding hydrogens is 388 g/mol. The summed E-state index contributed by atoms with van der Waals surface area (Å²) in [6, 6.07) is 6.66. The first kappa shape index (κ1) is 18.5. The number of hydrogen-bond donors (Lipinski definition) is 0. The lowest BCUT2D eigenvalue weighted by molar-refractivity contribution is -0.144. The fourth-order valence-corrected chi connectivity index (χ4v) is 4.11. The fourth-order valence-electron chi connectivity index (χ4n) is 4.11. The third kappa shape index (κ3) is 2.58. The van der Waals surface area contributed by atoms with Crippen molar-refractivity contribution in [3.8, 4) is 28.7 Å². The number of esters is 1. The van der Waals surface area contributed by atoms with E-state index in [1.807, 2.05) is 26.0 Å². The number of hydrogen-bond acceptors (Lipinski definition) is 7. The molecule has 0 saturated carbocycles. The SMILES string of the molecule is COc1cc2c(cc1OC)[C@@H]1C(=O)c3ccc4c(c3O[C@@H]1C(=O)O2)C=CC(C)(C)O4. The zero-order chi connectivity index (χ0) is 21.2. The Morgan fingerprint density at radius 1 is 1.00 bits per heavy atom. The quantitative estimate of drug-likeness (QED) is 0.555. The number of Topliss-reactive ketones (excluding diaryl/α,β-unsaturated/α-hetero) is 1. The van der Waals surface area contributed by atoms with Crippen molar-refractivity contribution in [1.82, 2.24) is 0 Å². The van der Waals surface area contributed by atoms with Gasteiger partial charge in [-0.15, -0.1) is 0 Å². The van der Waals surface area contributed by atoms with Gasteiger partial charge in [0.05, 0.1) is 31.3 Å². The Kier molecular flexibility index (Phi) is 3.87. The molecule has 154 valence electrons. The predicted octanol–water partition coefficient (Wildman–Crippen LogP) is 3.53. The highest BCUT2D eigenvalue weighted by atomic mass is 16.6. The Morgan fingerprint density at radius 3 is 2.47 bits per heavy atom. The van der Waals surface area contributed by atoms with Crippen LogP contribution in [0.2, 0.25) is 0 Å². The number of methoxy groups -OCH3 is 2. The first-order valence-corrected chi connectivity index (χ1v) is 9.56. The van der Waals surface area contributed by atoms with Gasteiger partial charge in [0.1, 0.15) is 22.8 Å². The van der Waals surface area contributed by atoms with Crippen LogP contribution in [0.5, 0.6) is 28.7 Å². The highest BCUT2D eigenvalue weighted by Gasteiger charge is 2.49. The molecule has 3 aliphatic rings. The van der Waals surface area contributed by atoms with Gasteiger partial charge in [-0.2, -0.15) is 0 Å². The summed E-state index contributed by atoms with van der Waals surface area (Å²) in [7, 11) is 2.99. The van der Waals surface area contributed by atoms with Crippen molar-refractivity contribution in [2.24, 2.45) is 0 Å². The second-order valence-electron chi connectivity index (χ2n) is 7.94. The van der Waals surface area contributed by atoms with E-state index in [4.69, 9.17) is 23.7 Å². The number of rotatable bonds is 2. The van der Waals surface area contributed by atoms with Crippen LogP contribution in [-0.2, 0) is 4.79 Å². The highest BCUT2D eigenvalue weighted by Crippen LogP contribution is 2.49. The molecule has 30 heavy (non-hydrogen) atoms. The van der Waals surface area contributed by atoms with Crippen molar-refractivity contribution in [1.29, 1.82) is 0 Å². The van der Waals surface area contributed by atoms with Crippen molar-refractivity contribution < 1.29 is 33.3 Å². The average molecular weight is 408 g/mol. The van der Waals surface area contributed by atoms with Gasteiger partial charge in [-0.3, -0.25) is 4.79 Å². The Morgan fingerprint density at radius 2 is 1.73 bits per heavy atom. The fraction of sp³-hybridized carbons (Fsp3) is 0.304. The van der Waals surface area contributed by atoms with E-state index in [0.717, 1.165) is 0 Å². The Bertz CT molecular complexity index is 1130. The molecular formula is C23H20O7. The standard InChI is InChI=1S/C23H20O7/c1-23(2)8-7-11-14(30-23)6-5-12-19(24)18-13-9-16(26-3)17(27-4)10-15(13)28-22(25)21(18)29-20(11)12/h5-10,18,21H,1-4H3/t18-,21+/m1/s1. The second-order valence-corrected chi connectivity index (χ2v) is 7.94. The van der Waals surface area contributed by atoms with Crippen molar-refractivity contribution in [3.05, 3.63) is 47.0 Å². The molecule has 2 atom stereocenters. The van der Waals surface area contributed by atoms with Crippen molar-refractivity contribution in [3.63, 3.8) is 0 Å². The summed E-state index contributed by atoms with van der Waals surface area (Å²) in [4.78, 5) is 26.3. The van der Waals surface area contributed by atoms with Crippen molar-refractivity contribution in [2.45, 2.75) is 31.5 Å². The van der Waals surface area contributed by atoms with E-state index in [1.165, 1.54) is 14.2 Å². The zero-order valence-corrected chi connectivity index (χ0v) is 17.0. The molecule has 0 saturated heterocycles. The number of ether oxygens (including phenoxy) is 5. The molecule has 5 rings (SSSR count). The van der Waals surface area contributed by atoms with Gasteiger partial charge < -0.3 is 23.7 Å². The van der Waals surface area contributed by atoms with Gasteiger partial charge in [0.2, 0.25) is 6.10 Å². The number of carbonyl (C=O) groups is 2. The maximum atomic E-state index is 13.5. The minimum absolute atomic E-state index is 0.215. The topological polar surface area (TPSA) is 80.3 Å². The molecule has 7 heteroatoms. The van der Waals surface area contributed by atoms with Crippen LogP contribution in [0.4, 0.5) is 0 Å². The van der Waals surface area contributed by atoms with Crippen LogP contribution in [0.1, 0.15) is 41.3 Å². The van der Waals surface area contributed by atoms with Crippen molar-refractivity contribution in [2.75, 3.05) is 14.2 Å². The zero-order valence-electron chi connectivity index (χ0n) is 17.0. The molecule has 0 N–H and O–H groups in total. The minimum atomic E-state index is -1.09. The Hall–Kier alpha value is -3.48. The minimum Gasteiger partial charge on any atom is -0.493 e. The maximum absolute atomic E-state index is 13.5. The lowest BCUT2D eigenvalue weighted by Crippen LogP contribution is -2.47. The second kappa shape index (κ2) is 6.26. The van der Waals surface area contributed by atoms with Crippen LogP contribution >= 0.6 is 0 Å². The molecule has 0 aromatic heterocycles. The first-order chi connectivity index (χ1) is 14.3. The summed E-state index contributed by atoms with van der Waals surface area (Å²) in [5.74, 6) is 0.375. The monoisotopic (exact) mass is 408 g/mol. The molecule has 0 fully saturated rings. The van der Waals surface area contributed by atoms with Gasteiger partial charge in [0.25, 0.3) is 0 Å². The molecule has 7 nitrogen and oxygen atoms in total. The van der Waals surface area contributed by atoms with E-state index in [1.54, 1.807) is 24.3 Å². The Labute approximate surface area is 173 Å². The van der Waals surface area contributed by atoms with E-state index in [9.17, 15) is 9.59 Å². The smallest absolute Gasteiger partial charge is 0.353 e. The number of benzene rings is 2. The van der Waals surface area contributed by atoms with Crippen LogP contribution in [0.25, 0.3) is 6.08 Å². The summed E-state index contributed by atoms with van der Waals surface area (Å²) in [6.07, 6.45) is 2.66. The first-order valence-electron chi connectivity index (χ1n) is 9.56.